The Kier molecular flexibility index (Phi) is 8.44. The number of nitrogens with zero attached hydrogens (tertiary/aromatic N) is 3. The number of aliphatic hydroxyl groups excluding tert-OH is 1. The van der Waals surface area contributed by atoms with Crippen molar-refractivity contribution in [3.8, 4) is 16.9 Å². The number of likely N-dealkylation sites (N-methyl/N-ethyl adjacent to an activating group) is 1. The van der Waals surface area contributed by atoms with Crippen LogP contribution in [0.2, 0.25) is 0 Å². The van der Waals surface area contributed by atoms with Crippen LogP contribution in [0.25, 0.3) is 11.1 Å². The number of ether oxygens (including phenoxy) is 2. The molecular weight excluding hydrogens is 466 g/mol. The third-order valence-corrected chi connectivity index (χ3v) is 9.08. The van der Waals surface area contributed by atoms with E-state index in [0.717, 1.165) is 43.7 Å². The molecule has 3 heterocycles. The van der Waals surface area contributed by atoms with E-state index in [1.807, 2.05) is 19.1 Å². The lowest BCUT2D eigenvalue weighted by Gasteiger charge is -2.38. The van der Waals surface area contributed by atoms with E-state index in [4.69, 9.17) is 9.47 Å². The van der Waals surface area contributed by atoms with Crippen molar-refractivity contribution in [2.45, 2.75) is 43.7 Å². The van der Waals surface area contributed by atoms with Gasteiger partial charge in [0.15, 0.2) is 0 Å². The van der Waals surface area contributed by atoms with Gasteiger partial charge in [-0.15, -0.1) is 0 Å². The molecule has 3 atom stereocenters. The minimum absolute atomic E-state index is 0.0777. The fraction of sp³-hybridized carbons (Fsp3) is 0.577. The maximum Gasteiger partial charge on any atom is 0.247 e. The van der Waals surface area contributed by atoms with Gasteiger partial charge >= 0.3 is 0 Å². The number of rotatable bonds is 7. The Morgan fingerprint density at radius 3 is 2.66 bits per heavy atom. The Hall–Kier alpha value is -2.04. The second kappa shape index (κ2) is 11.3. The van der Waals surface area contributed by atoms with E-state index in [9.17, 15) is 13.5 Å². The molecule has 9 heteroatoms. The third kappa shape index (κ3) is 6.03. The molecule has 192 valence electrons. The summed E-state index contributed by atoms with van der Waals surface area (Å²) in [6.45, 7) is 7.05. The Morgan fingerprint density at radius 1 is 1.20 bits per heavy atom. The lowest BCUT2D eigenvalue weighted by atomic mass is 9.98. The predicted octanol–water partition coefficient (Wildman–Crippen LogP) is 2.88. The Bertz CT molecular complexity index is 1080. The minimum atomic E-state index is -3.86. The molecule has 2 aliphatic rings. The number of hydrogen-bond acceptors (Lipinski definition) is 7. The fourth-order valence-corrected chi connectivity index (χ4v) is 6.73. The molecule has 1 saturated heterocycles. The van der Waals surface area contributed by atoms with Crippen molar-refractivity contribution in [2.75, 3.05) is 46.5 Å². The van der Waals surface area contributed by atoms with Crippen LogP contribution in [0, 0.1) is 11.8 Å². The van der Waals surface area contributed by atoms with Crippen molar-refractivity contribution >= 4 is 10.0 Å². The number of benzene rings is 1. The van der Waals surface area contributed by atoms with Crippen LogP contribution in [0.15, 0.2) is 47.6 Å². The molecule has 0 unspecified atom stereocenters. The number of fused-ring (bicyclic) bond motifs is 1. The number of aliphatic hydroxyl groups is 1. The van der Waals surface area contributed by atoms with Gasteiger partial charge in [-0.1, -0.05) is 19.1 Å². The molecule has 1 N–H and O–H groups in total. The van der Waals surface area contributed by atoms with Gasteiger partial charge in [0.1, 0.15) is 16.7 Å². The quantitative estimate of drug-likeness (QED) is 0.621. The summed E-state index contributed by atoms with van der Waals surface area (Å²) < 4.78 is 40.8. The first-order chi connectivity index (χ1) is 16.8. The van der Waals surface area contributed by atoms with Gasteiger partial charge in [-0.25, -0.2) is 8.42 Å². The Labute approximate surface area is 208 Å². The second-order valence-corrected chi connectivity index (χ2v) is 11.8. The molecule has 0 amide bonds. The molecule has 1 aromatic carbocycles. The average molecular weight is 504 g/mol. The van der Waals surface area contributed by atoms with Gasteiger partial charge in [-0.2, -0.15) is 4.31 Å². The van der Waals surface area contributed by atoms with Crippen LogP contribution in [0.5, 0.6) is 5.75 Å². The molecule has 35 heavy (non-hydrogen) atoms. The van der Waals surface area contributed by atoms with Gasteiger partial charge in [-0.05, 0) is 56.5 Å². The molecule has 0 aliphatic carbocycles. The molecule has 0 bridgehead atoms. The van der Waals surface area contributed by atoms with Crippen LogP contribution in [0.1, 0.15) is 26.7 Å². The van der Waals surface area contributed by atoms with Crippen molar-refractivity contribution in [3.63, 3.8) is 0 Å². The summed E-state index contributed by atoms with van der Waals surface area (Å²) in [4.78, 5) is 6.62. The molecule has 4 rings (SSSR count). The molecule has 0 saturated carbocycles. The molecule has 2 aromatic rings. The summed E-state index contributed by atoms with van der Waals surface area (Å²) in [5.41, 5.74) is 1.73. The van der Waals surface area contributed by atoms with E-state index in [2.05, 4.69) is 16.9 Å². The van der Waals surface area contributed by atoms with E-state index in [0.29, 0.717) is 18.2 Å². The highest BCUT2D eigenvalue weighted by Crippen LogP contribution is 2.36. The number of pyridine rings is 1. The van der Waals surface area contributed by atoms with Gasteiger partial charge in [0, 0.05) is 62.8 Å². The van der Waals surface area contributed by atoms with Gasteiger partial charge in [0.05, 0.1) is 6.61 Å². The minimum Gasteiger partial charge on any atom is -0.487 e. The summed E-state index contributed by atoms with van der Waals surface area (Å²) in [7, 11) is -1.76. The lowest BCUT2D eigenvalue weighted by molar-refractivity contribution is 0.0402. The largest absolute Gasteiger partial charge is 0.487 e. The summed E-state index contributed by atoms with van der Waals surface area (Å²) in [5, 5.41) is 9.84. The van der Waals surface area contributed by atoms with Crippen molar-refractivity contribution in [3.05, 3.63) is 42.7 Å². The monoisotopic (exact) mass is 503 g/mol. The smallest absolute Gasteiger partial charge is 0.247 e. The van der Waals surface area contributed by atoms with E-state index < -0.39 is 16.1 Å². The van der Waals surface area contributed by atoms with Gasteiger partial charge in [0.2, 0.25) is 10.0 Å². The van der Waals surface area contributed by atoms with Crippen LogP contribution in [0.3, 0.4) is 0 Å². The summed E-state index contributed by atoms with van der Waals surface area (Å²) in [6, 6.07) is 8.46. The standard InChI is InChI=1S/C26H37N3O5S/c1-19-15-29(20(2)18-30)35(31,32)26-7-6-22(23-5-4-10-27-14-23)13-24(26)34-25(19)17-28(3)16-21-8-11-33-12-9-21/h4-7,10,13-14,19-21,25,30H,8-9,11-12,15-18H2,1-3H3/t19-,20-,25+/m1/s1. The summed E-state index contributed by atoms with van der Waals surface area (Å²) >= 11 is 0. The second-order valence-electron chi connectivity index (χ2n) is 9.92. The van der Waals surface area contributed by atoms with E-state index in [-0.39, 0.29) is 30.1 Å². The molecule has 1 aromatic heterocycles. The number of aromatic nitrogens is 1. The van der Waals surface area contributed by atoms with Crippen LogP contribution >= 0.6 is 0 Å². The summed E-state index contributed by atoms with van der Waals surface area (Å²) in [6.07, 6.45) is 5.36. The molecule has 2 aliphatic heterocycles. The highest BCUT2D eigenvalue weighted by molar-refractivity contribution is 7.89. The first-order valence-electron chi connectivity index (χ1n) is 12.4. The van der Waals surface area contributed by atoms with Crippen molar-refractivity contribution in [2.24, 2.45) is 11.8 Å². The number of hydrogen-bond donors (Lipinski definition) is 1. The zero-order chi connectivity index (χ0) is 25.0. The van der Waals surface area contributed by atoms with Crippen molar-refractivity contribution in [1.82, 2.24) is 14.2 Å². The highest BCUT2D eigenvalue weighted by Gasteiger charge is 2.38. The average Bonchev–Trinajstić information content (AvgIpc) is 2.86. The summed E-state index contributed by atoms with van der Waals surface area (Å²) in [5.74, 6) is 0.858. The van der Waals surface area contributed by atoms with Gasteiger partial charge in [-0.3, -0.25) is 4.98 Å². The highest BCUT2D eigenvalue weighted by atomic mass is 32.2. The lowest BCUT2D eigenvalue weighted by Crippen LogP contribution is -2.50. The molecular formula is C26H37N3O5S. The van der Waals surface area contributed by atoms with Crippen LogP contribution in [0.4, 0.5) is 0 Å². The fourth-order valence-electron chi connectivity index (χ4n) is 4.91. The first kappa shape index (κ1) is 26.0. The topological polar surface area (TPSA) is 92.2 Å². The van der Waals surface area contributed by atoms with E-state index in [1.165, 1.54) is 4.31 Å². The maximum atomic E-state index is 13.7. The first-order valence-corrected chi connectivity index (χ1v) is 13.8. The van der Waals surface area contributed by atoms with Gasteiger partial charge in [0.25, 0.3) is 0 Å². The SMILES string of the molecule is C[C@@H]1CN([C@H](C)CO)S(=O)(=O)c2ccc(-c3cccnc3)cc2O[C@H]1CN(C)CC1CCOCC1. The zero-order valence-electron chi connectivity index (χ0n) is 20.8. The van der Waals surface area contributed by atoms with E-state index in [1.54, 1.807) is 37.5 Å². The predicted molar refractivity (Wildman–Crippen MR) is 135 cm³/mol. The molecule has 1 fully saturated rings. The van der Waals surface area contributed by atoms with Crippen molar-refractivity contribution in [1.29, 1.82) is 0 Å². The normalized spacial score (nSPS) is 24.3. The van der Waals surface area contributed by atoms with Crippen molar-refractivity contribution < 1.29 is 23.0 Å². The zero-order valence-corrected chi connectivity index (χ0v) is 21.7. The van der Waals surface area contributed by atoms with Crippen LogP contribution in [-0.4, -0.2) is 86.4 Å². The van der Waals surface area contributed by atoms with Crippen LogP contribution < -0.4 is 4.74 Å². The van der Waals surface area contributed by atoms with Gasteiger partial charge < -0.3 is 19.5 Å². The maximum absolute atomic E-state index is 13.7. The Balaban J connectivity index is 1.67. The molecule has 0 radical (unpaired) electrons. The van der Waals surface area contributed by atoms with Crippen LogP contribution in [-0.2, 0) is 14.8 Å². The molecule has 8 nitrogen and oxygen atoms in total. The van der Waals surface area contributed by atoms with E-state index >= 15 is 0 Å². The number of sulfonamides is 1. The Morgan fingerprint density at radius 2 is 1.97 bits per heavy atom. The molecule has 0 spiro atoms. The third-order valence-electron chi connectivity index (χ3n) is 7.06.